The molecule has 9 heteroatoms. The summed E-state index contributed by atoms with van der Waals surface area (Å²) in [6, 6.07) is 10.4. The average molecular weight is 449 g/mol. The molecule has 0 atom stereocenters. The lowest BCUT2D eigenvalue weighted by atomic mass is 9.96. The van der Waals surface area contributed by atoms with Gasteiger partial charge in [-0.1, -0.05) is 18.2 Å². The molecule has 1 amide bonds. The summed E-state index contributed by atoms with van der Waals surface area (Å²) in [7, 11) is -2.26. The largest absolute Gasteiger partial charge is 0.465 e. The number of anilines is 1. The number of hydrogen-bond acceptors (Lipinski definition) is 5. The second-order valence-electron chi connectivity index (χ2n) is 7.51. The molecule has 2 aromatic rings. The lowest BCUT2D eigenvalue weighted by molar-refractivity contribution is -0.120. The minimum atomic E-state index is -3.55. The Morgan fingerprint density at radius 2 is 1.77 bits per heavy atom. The lowest BCUT2D eigenvalue weighted by Crippen LogP contribution is -2.41. The number of halogens is 1. The first-order valence-electron chi connectivity index (χ1n) is 9.92. The van der Waals surface area contributed by atoms with Gasteiger partial charge in [0.1, 0.15) is 5.82 Å². The van der Waals surface area contributed by atoms with Crippen molar-refractivity contribution in [1.29, 1.82) is 0 Å². The van der Waals surface area contributed by atoms with Crippen LogP contribution in [0.1, 0.15) is 34.3 Å². The topological polar surface area (TPSA) is 92.8 Å². The van der Waals surface area contributed by atoms with Crippen molar-refractivity contribution in [2.75, 3.05) is 25.5 Å². The van der Waals surface area contributed by atoms with E-state index in [1.165, 1.54) is 35.7 Å². The molecule has 0 spiro atoms. The van der Waals surface area contributed by atoms with Gasteiger partial charge in [0.05, 0.1) is 18.4 Å². The van der Waals surface area contributed by atoms with Gasteiger partial charge in [-0.3, -0.25) is 4.79 Å². The number of hydrogen-bond donors (Lipinski definition) is 1. The first-order valence-corrected chi connectivity index (χ1v) is 11.5. The fraction of sp³-hybridized carbons (Fsp3) is 0.364. The Hall–Kier alpha value is -2.78. The summed E-state index contributed by atoms with van der Waals surface area (Å²) in [6.07, 6.45) is 0.786. The zero-order chi connectivity index (χ0) is 22.6. The van der Waals surface area contributed by atoms with Crippen LogP contribution in [0.5, 0.6) is 0 Å². The quantitative estimate of drug-likeness (QED) is 0.686. The number of ether oxygens (including phenoxy) is 1. The van der Waals surface area contributed by atoms with Crippen LogP contribution in [0, 0.1) is 18.7 Å². The maximum Gasteiger partial charge on any atom is 0.338 e. The molecule has 0 unspecified atom stereocenters. The average Bonchev–Trinajstić information content (AvgIpc) is 2.76. The summed E-state index contributed by atoms with van der Waals surface area (Å²) >= 11 is 0. The number of amides is 1. The number of nitrogens with one attached hydrogen (secondary N) is 1. The minimum absolute atomic E-state index is 0.205. The van der Waals surface area contributed by atoms with Gasteiger partial charge in [0.2, 0.25) is 15.9 Å². The van der Waals surface area contributed by atoms with Crippen LogP contribution in [0.15, 0.2) is 42.5 Å². The van der Waals surface area contributed by atoms with Gasteiger partial charge >= 0.3 is 5.97 Å². The molecule has 31 heavy (non-hydrogen) atoms. The fourth-order valence-corrected chi connectivity index (χ4v) is 5.18. The van der Waals surface area contributed by atoms with Crippen LogP contribution < -0.4 is 5.32 Å². The van der Waals surface area contributed by atoms with Gasteiger partial charge in [0.25, 0.3) is 0 Å². The van der Waals surface area contributed by atoms with Crippen LogP contribution in [-0.2, 0) is 25.3 Å². The molecule has 0 saturated carbocycles. The zero-order valence-corrected chi connectivity index (χ0v) is 18.2. The second-order valence-corrected chi connectivity index (χ2v) is 9.48. The summed E-state index contributed by atoms with van der Waals surface area (Å²) in [6.45, 7) is 2.21. The molecule has 0 aromatic heterocycles. The van der Waals surface area contributed by atoms with Crippen LogP contribution >= 0.6 is 0 Å². The van der Waals surface area contributed by atoms with E-state index < -0.39 is 21.8 Å². The third-order valence-electron chi connectivity index (χ3n) is 5.48. The monoisotopic (exact) mass is 448 g/mol. The molecule has 7 nitrogen and oxygen atoms in total. The Bertz CT molecular complexity index is 1060. The fourth-order valence-electron chi connectivity index (χ4n) is 3.62. The summed E-state index contributed by atoms with van der Waals surface area (Å²) in [5.41, 5.74) is 2.03. The minimum Gasteiger partial charge on any atom is -0.465 e. The van der Waals surface area contributed by atoms with Crippen molar-refractivity contribution in [3.8, 4) is 0 Å². The van der Waals surface area contributed by atoms with Crippen molar-refractivity contribution in [2.45, 2.75) is 25.5 Å². The number of carbonyl (C=O) groups excluding carboxylic acids is 2. The van der Waals surface area contributed by atoms with Crippen molar-refractivity contribution in [2.24, 2.45) is 5.92 Å². The maximum atomic E-state index is 13.0. The Labute approximate surface area is 181 Å². The molecule has 1 heterocycles. The number of rotatable bonds is 6. The Balaban J connectivity index is 1.60. The number of nitrogens with zero attached hydrogens (tertiary/aromatic N) is 1. The van der Waals surface area contributed by atoms with Crippen molar-refractivity contribution >= 4 is 27.6 Å². The van der Waals surface area contributed by atoms with Crippen molar-refractivity contribution in [3.63, 3.8) is 0 Å². The molecule has 1 fully saturated rings. The van der Waals surface area contributed by atoms with E-state index in [0.29, 0.717) is 35.2 Å². The van der Waals surface area contributed by atoms with Crippen molar-refractivity contribution in [3.05, 3.63) is 65.0 Å². The lowest BCUT2D eigenvalue weighted by Gasteiger charge is -2.30. The van der Waals surface area contributed by atoms with Crippen LogP contribution in [0.2, 0.25) is 0 Å². The van der Waals surface area contributed by atoms with Crippen LogP contribution in [0.25, 0.3) is 0 Å². The summed E-state index contributed by atoms with van der Waals surface area (Å²) in [4.78, 5) is 24.6. The Morgan fingerprint density at radius 1 is 1.13 bits per heavy atom. The van der Waals surface area contributed by atoms with Gasteiger partial charge in [0, 0.05) is 24.7 Å². The van der Waals surface area contributed by atoms with Crippen molar-refractivity contribution in [1.82, 2.24) is 4.31 Å². The number of piperidine rings is 1. The molecule has 2 aromatic carbocycles. The van der Waals surface area contributed by atoms with Gasteiger partial charge in [0.15, 0.2) is 0 Å². The van der Waals surface area contributed by atoms with Crippen molar-refractivity contribution < 1.29 is 27.1 Å². The maximum absolute atomic E-state index is 13.0. The third kappa shape index (κ3) is 5.48. The van der Waals surface area contributed by atoms with Gasteiger partial charge in [-0.2, -0.15) is 0 Å². The van der Waals surface area contributed by atoms with E-state index in [1.807, 2.05) is 0 Å². The molecule has 1 saturated heterocycles. The van der Waals surface area contributed by atoms with E-state index in [-0.39, 0.29) is 30.7 Å². The molecule has 1 aliphatic heterocycles. The number of carbonyl (C=O) groups is 2. The van der Waals surface area contributed by atoms with Crippen LogP contribution in [-0.4, -0.2) is 44.8 Å². The first kappa shape index (κ1) is 22.9. The molecule has 1 aliphatic rings. The van der Waals surface area contributed by atoms with Crippen LogP contribution in [0.4, 0.5) is 10.1 Å². The van der Waals surface area contributed by atoms with E-state index in [0.717, 1.165) is 0 Å². The number of methoxy groups -OCH3 is 1. The Morgan fingerprint density at radius 3 is 2.39 bits per heavy atom. The molecule has 0 radical (unpaired) electrons. The third-order valence-corrected chi connectivity index (χ3v) is 7.33. The van der Waals surface area contributed by atoms with E-state index in [1.54, 1.807) is 25.1 Å². The molecule has 3 rings (SSSR count). The second kappa shape index (κ2) is 9.57. The highest BCUT2D eigenvalue weighted by molar-refractivity contribution is 7.88. The van der Waals surface area contributed by atoms with Gasteiger partial charge in [-0.25, -0.2) is 21.9 Å². The van der Waals surface area contributed by atoms with E-state index in [9.17, 15) is 22.4 Å². The molecular weight excluding hydrogens is 423 g/mol. The molecule has 166 valence electrons. The highest BCUT2D eigenvalue weighted by Crippen LogP contribution is 2.25. The highest BCUT2D eigenvalue weighted by atomic mass is 32.2. The predicted octanol–water partition coefficient (Wildman–Crippen LogP) is 3.10. The van der Waals surface area contributed by atoms with Crippen LogP contribution in [0.3, 0.4) is 0 Å². The predicted molar refractivity (Wildman–Crippen MR) is 114 cm³/mol. The molecular formula is C22H25FN2O5S. The number of esters is 1. The Kier molecular flexibility index (Phi) is 7.07. The van der Waals surface area contributed by atoms with E-state index >= 15 is 0 Å². The van der Waals surface area contributed by atoms with Gasteiger partial charge < -0.3 is 10.1 Å². The van der Waals surface area contributed by atoms with Gasteiger partial charge in [-0.15, -0.1) is 0 Å². The molecule has 0 aliphatic carbocycles. The first-order chi connectivity index (χ1) is 14.7. The summed E-state index contributed by atoms with van der Waals surface area (Å²) < 4.78 is 44.5. The zero-order valence-electron chi connectivity index (χ0n) is 17.4. The standard InChI is InChI=1S/C22H25FN2O5S/c1-15-19(22(27)30-2)4-3-5-20(15)24-21(26)17-10-12-25(13-11-17)31(28,29)14-16-6-8-18(23)9-7-16/h3-9,17H,10-14H2,1-2H3,(H,24,26). The normalized spacial score (nSPS) is 15.5. The smallest absolute Gasteiger partial charge is 0.338 e. The summed E-state index contributed by atoms with van der Waals surface area (Å²) in [5.74, 6) is -1.64. The van der Waals surface area contributed by atoms with E-state index in [2.05, 4.69) is 5.32 Å². The molecule has 0 bridgehead atoms. The number of sulfonamides is 1. The van der Waals surface area contributed by atoms with Gasteiger partial charge in [-0.05, 0) is 55.2 Å². The summed E-state index contributed by atoms with van der Waals surface area (Å²) in [5, 5.41) is 2.85. The van der Waals surface area contributed by atoms with E-state index in [4.69, 9.17) is 4.74 Å². The number of benzene rings is 2. The highest BCUT2D eigenvalue weighted by Gasteiger charge is 2.31. The SMILES string of the molecule is COC(=O)c1cccc(NC(=O)C2CCN(S(=O)(=O)Cc3ccc(F)cc3)CC2)c1C. The molecule has 1 N–H and O–H groups in total.